The minimum Gasteiger partial charge on any atom is -0.354 e. The lowest BCUT2D eigenvalue weighted by molar-refractivity contribution is 0.291. The zero-order chi connectivity index (χ0) is 13.7. The molecule has 0 spiro atoms. The highest BCUT2D eigenvalue weighted by atomic mass is 79.9. The predicted octanol–water partition coefficient (Wildman–Crippen LogP) is 2.01. The fourth-order valence-corrected chi connectivity index (χ4v) is 3.19. The molecule has 0 bridgehead atoms. The summed E-state index contributed by atoms with van der Waals surface area (Å²) in [6.07, 6.45) is 4.22. The van der Waals surface area contributed by atoms with Crippen molar-refractivity contribution in [2.24, 2.45) is 5.73 Å². The number of nitrogens with two attached hydrogens (primary N) is 1. The van der Waals surface area contributed by atoms with Gasteiger partial charge in [0.15, 0.2) is 0 Å². The van der Waals surface area contributed by atoms with Gasteiger partial charge in [0.2, 0.25) is 0 Å². The van der Waals surface area contributed by atoms with E-state index in [0.29, 0.717) is 0 Å². The minimum absolute atomic E-state index is 0.783. The largest absolute Gasteiger partial charge is 0.354 e. The van der Waals surface area contributed by atoms with Gasteiger partial charge in [0.25, 0.3) is 0 Å². The van der Waals surface area contributed by atoms with Crippen LogP contribution in [0.3, 0.4) is 0 Å². The quantitative estimate of drug-likeness (QED) is 0.919. The molecule has 1 aromatic rings. The van der Waals surface area contributed by atoms with Gasteiger partial charge < -0.3 is 15.5 Å². The average Bonchev–Trinajstić information content (AvgIpc) is 2.62. The molecule has 2 heterocycles. The molecule has 19 heavy (non-hydrogen) atoms. The molecule has 0 unspecified atom stereocenters. The van der Waals surface area contributed by atoms with E-state index in [1.807, 2.05) is 6.20 Å². The van der Waals surface area contributed by atoms with E-state index < -0.39 is 0 Å². The molecular formula is C14H23BrN4. The zero-order valence-electron chi connectivity index (χ0n) is 11.6. The first-order chi connectivity index (χ1) is 9.20. The summed E-state index contributed by atoms with van der Waals surface area (Å²) in [5.74, 6) is 1.08. The van der Waals surface area contributed by atoms with Gasteiger partial charge in [-0.05, 0) is 67.0 Å². The fourth-order valence-electron chi connectivity index (χ4n) is 2.48. The van der Waals surface area contributed by atoms with Crippen LogP contribution in [-0.4, -0.2) is 49.2 Å². The van der Waals surface area contributed by atoms with Crippen molar-refractivity contribution in [1.82, 2.24) is 9.88 Å². The summed E-state index contributed by atoms with van der Waals surface area (Å²) in [6.45, 7) is 8.35. The monoisotopic (exact) mass is 326 g/mol. The van der Waals surface area contributed by atoms with E-state index in [9.17, 15) is 0 Å². The van der Waals surface area contributed by atoms with Crippen LogP contribution in [-0.2, 0) is 0 Å². The molecule has 0 aromatic carbocycles. The molecule has 0 aliphatic carbocycles. The van der Waals surface area contributed by atoms with Crippen molar-refractivity contribution in [3.05, 3.63) is 22.3 Å². The second-order valence-electron chi connectivity index (χ2n) is 5.14. The molecule has 1 aliphatic rings. The summed E-state index contributed by atoms with van der Waals surface area (Å²) < 4.78 is 1.10. The van der Waals surface area contributed by atoms with Crippen molar-refractivity contribution in [3.8, 4) is 0 Å². The first kappa shape index (κ1) is 14.8. The van der Waals surface area contributed by atoms with Gasteiger partial charge in [0.1, 0.15) is 5.82 Å². The minimum atomic E-state index is 0.783. The molecular weight excluding hydrogens is 304 g/mol. The van der Waals surface area contributed by atoms with E-state index in [1.165, 1.54) is 18.5 Å². The van der Waals surface area contributed by atoms with Crippen LogP contribution in [0.4, 0.5) is 5.82 Å². The lowest BCUT2D eigenvalue weighted by atomic mass is 10.3. The van der Waals surface area contributed by atoms with E-state index >= 15 is 0 Å². The van der Waals surface area contributed by atoms with Crippen molar-refractivity contribution in [3.63, 3.8) is 0 Å². The Morgan fingerprint density at radius 3 is 2.89 bits per heavy atom. The van der Waals surface area contributed by atoms with Crippen molar-refractivity contribution >= 4 is 21.7 Å². The fraction of sp³-hybridized carbons (Fsp3) is 0.643. The van der Waals surface area contributed by atoms with Crippen LogP contribution in [0.1, 0.15) is 18.4 Å². The maximum Gasteiger partial charge on any atom is 0.142 e. The van der Waals surface area contributed by atoms with Crippen LogP contribution in [0.15, 0.2) is 16.7 Å². The van der Waals surface area contributed by atoms with E-state index in [4.69, 9.17) is 5.73 Å². The molecule has 0 atom stereocenters. The Kier molecular flexibility index (Phi) is 5.60. The lowest BCUT2D eigenvalue weighted by Crippen LogP contribution is -2.32. The van der Waals surface area contributed by atoms with Gasteiger partial charge in [-0.2, -0.15) is 0 Å². The third-order valence-corrected chi connectivity index (χ3v) is 4.11. The summed E-state index contributed by atoms with van der Waals surface area (Å²) in [4.78, 5) is 9.46. The summed E-state index contributed by atoms with van der Waals surface area (Å²) in [6, 6.07) is 2.14. The van der Waals surface area contributed by atoms with Crippen molar-refractivity contribution in [2.75, 3.05) is 44.2 Å². The van der Waals surface area contributed by atoms with Gasteiger partial charge in [-0.15, -0.1) is 0 Å². The molecule has 1 saturated heterocycles. The van der Waals surface area contributed by atoms with Gasteiger partial charge >= 0.3 is 0 Å². The van der Waals surface area contributed by atoms with E-state index in [-0.39, 0.29) is 0 Å². The number of pyridine rings is 1. The third-order valence-electron chi connectivity index (χ3n) is 3.52. The van der Waals surface area contributed by atoms with Crippen LogP contribution in [0, 0.1) is 6.92 Å². The van der Waals surface area contributed by atoms with E-state index in [1.54, 1.807) is 0 Å². The van der Waals surface area contributed by atoms with Crippen LogP contribution in [0.2, 0.25) is 0 Å². The SMILES string of the molecule is Cc1cnc(N2CCCN(CCCN)CC2)c(Br)c1. The predicted molar refractivity (Wildman–Crippen MR) is 83.6 cm³/mol. The molecule has 1 aromatic heterocycles. The number of hydrogen-bond donors (Lipinski definition) is 1. The number of hydrogen-bond acceptors (Lipinski definition) is 4. The molecule has 2 N–H and O–H groups in total. The molecule has 0 radical (unpaired) electrons. The molecule has 1 fully saturated rings. The van der Waals surface area contributed by atoms with Crippen LogP contribution < -0.4 is 10.6 Å². The number of aryl methyl sites for hydroxylation is 1. The van der Waals surface area contributed by atoms with E-state index in [2.05, 4.69) is 43.7 Å². The number of rotatable bonds is 4. The van der Waals surface area contributed by atoms with Crippen molar-refractivity contribution in [1.29, 1.82) is 0 Å². The molecule has 0 amide bonds. The number of anilines is 1. The average molecular weight is 327 g/mol. The Balaban J connectivity index is 1.98. The highest BCUT2D eigenvalue weighted by Gasteiger charge is 2.17. The maximum atomic E-state index is 5.58. The van der Waals surface area contributed by atoms with E-state index in [0.717, 1.165) is 49.4 Å². The highest BCUT2D eigenvalue weighted by molar-refractivity contribution is 9.10. The molecule has 0 saturated carbocycles. The Morgan fingerprint density at radius 2 is 2.16 bits per heavy atom. The molecule has 2 rings (SSSR count). The summed E-state index contributed by atoms with van der Waals surface area (Å²) in [5.41, 5.74) is 6.77. The van der Waals surface area contributed by atoms with Gasteiger partial charge in [-0.25, -0.2) is 4.98 Å². The first-order valence-corrected chi connectivity index (χ1v) is 7.79. The molecule has 1 aliphatic heterocycles. The number of halogens is 1. The second-order valence-corrected chi connectivity index (χ2v) is 6.00. The number of aromatic nitrogens is 1. The molecule has 4 nitrogen and oxygen atoms in total. The smallest absolute Gasteiger partial charge is 0.142 e. The highest BCUT2D eigenvalue weighted by Crippen LogP contribution is 2.25. The van der Waals surface area contributed by atoms with Gasteiger partial charge in [-0.1, -0.05) is 0 Å². The van der Waals surface area contributed by atoms with Crippen LogP contribution in [0.25, 0.3) is 0 Å². The third kappa shape index (κ3) is 4.16. The summed E-state index contributed by atoms with van der Waals surface area (Å²) >= 11 is 3.63. The summed E-state index contributed by atoms with van der Waals surface area (Å²) in [5, 5.41) is 0. The first-order valence-electron chi connectivity index (χ1n) is 7.00. The van der Waals surface area contributed by atoms with Gasteiger partial charge in [0.05, 0.1) is 4.47 Å². The zero-order valence-corrected chi connectivity index (χ0v) is 13.2. The molecule has 106 valence electrons. The van der Waals surface area contributed by atoms with Crippen LogP contribution >= 0.6 is 15.9 Å². The Labute approximate surface area is 124 Å². The number of nitrogens with zero attached hydrogens (tertiary/aromatic N) is 3. The van der Waals surface area contributed by atoms with Crippen molar-refractivity contribution < 1.29 is 0 Å². The Hall–Kier alpha value is -0.650. The Morgan fingerprint density at radius 1 is 1.32 bits per heavy atom. The van der Waals surface area contributed by atoms with Crippen molar-refractivity contribution in [2.45, 2.75) is 19.8 Å². The summed E-state index contributed by atoms with van der Waals surface area (Å²) in [7, 11) is 0. The standard InChI is InChI=1S/C14H23BrN4/c1-12-10-13(15)14(17-11-12)19-7-3-6-18(8-9-19)5-2-4-16/h10-11H,2-9,16H2,1H3. The van der Waals surface area contributed by atoms with Crippen LogP contribution in [0.5, 0.6) is 0 Å². The lowest BCUT2D eigenvalue weighted by Gasteiger charge is -2.23. The van der Waals surface area contributed by atoms with Gasteiger partial charge in [0, 0.05) is 25.8 Å². The van der Waals surface area contributed by atoms with Gasteiger partial charge in [-0.3, -0.25) is 0 Å². The molecule has 5 heteroatoms. The Bertz CT molecular complexity index is 410. The second kappa shape index (κ2) is 7.22. The normalized spacial score (nSPS) is 17.5. The topological polar surface area (TPSA) is 45.4 Å². The maximum absolute atomic E-state index is 5.58.